The number of benzene rings is 1. The Bertz CT molecular complexity index is 599. The van der Waals surface area contributed by atoms with Crippen molar-refractivity contribution in [1.29, 1.82) is 0 Å². The predicted octanol–water partition coefficient (Wildman–Crippen LogP) is 0.932. The lowest BCUT2D eigenvalue weighted by Gasteiger charge is -1.92. The van der Waals surface area contributed by atoms with Gasteiger partial charge in [0.15, 0.2) is 0 Å². The second-order valence-electron chi connectivity index (χ2n) is 3.51. The van der Waals surface area contributed by atoms with Crippen molar-refractivity contribution in [3.63, 3.8) is 0 Å². The van der Waals surface area contributed by atoms with Gasteiger partial charge in [0.05, 0.1) is 4.90 Å². The van der Waals surface area contributed by atoms with Gasteiger partial charge in [-0.2, -0.15) is 8.42 Å². The predicted molar refractivity (Wildman–Crippen MR) is 73.9 cm³/mol. The van der Waals surface area contributed by atoms with Gasteiger partial charge in [0.25, 0.3) is 10.1 Å². The van der Waals surface area contributed by atoms with Crippen molar-refractivity contribution in [2.75, 3.05) is 0 Å². The van der Waals surface area contributed by atoms with E-state index in [9.17, 15) is 13.2 Å². The van der Waals surface area contributed by atoms with Crippen LogP contribution in [0.2, 0.25) is 0 Å². The summed E-state index contributed by atoms with van der Waals surface area (Å²) in [5.41, 5.74) is 1.01. The summed E-state index contributed by atoms with van der Waals surface area (Å²) < 4.78 is 29.2. The lowest BCUT2D eigenvalue weighted by molar-refractivity contribution is -0.107. The van der Waals surface area contributed by atoms with Crippen LogP contribution in [0.4, 0.5) is 0 Å². The second kappa shape index (κ2) is 8.92. The van der Waals surface area contributed by atoms with Crippen molar-refractivity contribution in [3.8, 4) is 0 Å². The summed E-state index contributed by atoms with van der Waals surface area (Å²) in [4.78, 5) is 13.7. The number of nitrogens with zero attached hydrogens (tertiary/aromatic N) is 1. The van der Waals surface area contributed by atoms with Crippen LogP contribution in [0.25, 0.3) is 0 Å². The Kier molecular flexibility index (Phi) is 7.98. The maximum absolute atomic E-state index is 10.4. The fourth-order valence-electron chi connectivity index (χ4n) is 1.21. The normalized spacial score (nSPS) is 9.65. The smallest absolute Gasteiger partial charge is 0.294 e. The third-order valence-corrected chi connectivity index (χ3v) is 2.98. The van der Waals surface area contributed by atoms with Gasteiger partial charge in [-0.1, -0.05) is 18.2 Å². The molecule has 108 valence electrons. The first kappa shape index (κ1) is 17.9. The highest BCUT2D eigenvalue weighted by molar-refractivity contribution is 7.85. The summed E-state index contributed by atoms with van der Waals surface area (Å²) in [6.07, 6.45) is 4.73. The number of hydrogen-bond acceptors (Lipinski definition) is 4. The standard InChI is InChI=1S/C7H7NO.C6H6O3S.H2O/c9-6-3-7-1-4-8-5-2-7;7-10(8,9)6-4-2-1-3-5-6;/h1-2,4-6H,3H2;1-5H,(H,7,8,9);1H2. The van der Waals surface area contributed by atoms with Gasteiger partial charge in [-0.25, -0.2) is 0 Å². The number of rotatable bonds is 3. The van der Waals surface area contributed by atoms with Crippen molar-refractivity contribution in [1.82, 2.24) is 4.98 Å². The third kappa shape index (κ3) is 6.74. The first-order valence-corrected chi connectivity index (χ1v) is 6.83. The zero-order valence-electron chi connectivity index (χ0n) is 10.5. The molecular weight excluding hydrogens is 282 g/mol. The molecule has 0 atom stereocenters. The summed E-state index contributed by atoms with van der Waals surface area (Å²) in [7, 11) is -4.00. The van der Waals surface area contributed by atoms with Gasteiger partial charge in [0, 0.05) is 18.8 Å². The van der Waals surface area contributed by atoms with Gasteiger partial charge >= 0.3 is 0 Å². The lowest BCUT2D eigenvalue weighted by atomic mass is 10.2. The molecule has 0 aliphatic heterocycles. The van der Waals surface area contributed by atoms with Crippen LogP contribution in [0, 0.1) is 0 Å². The van der Waals surface area contributed by atoms with E-state index in [1.54, 1.807) is 30.6 Å². The molecule has 0 bridgehead atoms. The fourth-order valence-corrected chi connectivity index (χ4v) is 1.71. The molecule has 20 heavy (non-hydrogen) atoms. The van der Waals surface area contributed by atoms with Crippen molar-refractivity contribution in [3.05, 3.63) is 60.4 Å². The molecule has 0 saturated carbocycles. The first-order valence-electron chi connectivity index (χ1n) is 5.39. The quantitative estimate of drug-likeness (QED) is 0.668. The summed E-state index contributed by atoms with van der Waals surface area (Å²) in [5.74, 6) is 0. The highest BCUT2D eigenvalue weighted by Gasteiger charge is 2.05. The molecule has 0 spiro atoms. The van der Waals surface area contributed by atoms with Crippen molar-refractivity contribution >= 4 is 16.4 Å². The van der Waals surface area contributed by atoms with Crippen LogP contribution in [-0.2, 0) is 21.3 Å². The Balaban J connectivity index is 0.000000345. The Hall–Kier alpha value is -2.09. The van der Waals surface area contributed by atoms with Crippen molar-refractivity contribution in [2.24, 2.45) is 0 Å². The summed E-state index contributed by atoms with van der Waals surface area (Å²) in [5, 5.41) is 0. The molecule has 2 rings (SSSR count). The molecule has 0 aliphatic rings. The van der Waals surface area contributed by atoms with Crippen LogP contribution in [0.1, 0.15) is 5.56 Å². The molecule has 0 amide bonds. The molecular formula is C13H15NO5S. The molecule has 0 unspecified atom stereocenters. The number of carbonyl (C=O) groups excluding carboxylic acids is 1. The third-order valence-electron chi connectivity index (χ3n) is 2.11. The molecule has 0 radical (unpaired) electrons. The molecule has 6 nitrogen and oxygen atoms in total. The first-order chi connectivity index (χ1) is 9.04. The van der Waals surface area contributed by atoms with E-state index in [0.717, 1.165) is 11.8 Å². The molecule has 7 heteroatoms. The Morgan fingerprint density at radius 1 is 1.05 bits per heavy atom. The van der Waals surface area contributed by atoms with E-state index in [-0.39, 0.29) is 10.4 Å². The van der Waals surface area contributed by atoms with E-state index in [1.165, 1.54) is 12.1 Å². The SMILES string of the molecule is O.O=CCc1ccncc1.O=S(=O)(O)c1ccccc1. The Labute approximate surface area is 117 Å². The van der Waals surface area contributed by atoms with Crippen LogP contribution in [0.3, 0.4) is 0 Å². The summed E-state index contributed by atoms with van der Waals surface area (Å²) in [6.45, 7) is 0. The Morgan fingerprint density at radius 2 is 1.60 bits per heavy atom. The number of carbonyl (C=O) groups is 1. The number of hydrogen-bond donors (Lipinski definition) is 1. The van der Waals surface area contributed by atoms with Gasteiger partial charge in [-0.15, -0.1) is 0 Å². The number of aromatic nitrogens is 1. The summed E-state index contributed by atoms with van der Waals surface area (Å²) in [6, 6.07) is 11.1. The zero-order valence-corrected chi connectivity index (χ0v) is 11.3. The van der Waals surface area contributed by atoms with E-state index < -0.39 is 10.1 Å². The number of aldehydes is 1. The lowest BCUT2D eigenvalue weighted by Crippen LogP contribution is -1.96. The minimum absolute atomic E-state index is 0. The molecule has 0 aliphatic carbocycles. The van der Waals surface area contributed by atoms with E-state index in [2.05, 4.69) is 4.98 Å². The zero-order chi connectivity index (χ0) is 14.1. The van der Waals surface area contributed by atoms with Gasteiger partial charge in [0.2, 0.25) is 0 Å². The Morgan fingerprint density at radius 3 is 2.00 bits per heavy atom. The average Bonchev–Trinajstić information content (AvgIpc) is 2.41. The van der Waals surface area contributed by atoms with Crippen LogP contribution in [-0.4, -0.2) is 29.7 Å². The van der Waals surface area contributed by atoms with Crippen LogP contribution < -0.4 is 0 Å². The second-order valence-corrected chi connectivity index (χ2v) is 4.94. The van der Waals surface area contributed by atoms with E-state index >= 15 is 0 Å². The van der Waals surface area contributed by atoms with Gasteiger partial charge < -0.3 is 10.3 Å². The van der Waals surface area contributed by atoms with Crippen LogP contribution in [0.15, 0.2) is 59.8 Å². The maximum Gasteiger partial charge on any atom is 0.294 e. The van der Waals surface area contributed by atoms with Crippen LogP contribution in [0.5, 0.6) is 0 Å². The minimum Gasteiger partial charge on any atom is -0.412 e. The molecule has 3 N–H and O–H groups in total. The molecule has 1 aromatic carbocycles. The molecule has 0 saturated heterocycles. The molecule has 1 aromatic heterocycles. The molecule has 0 fully saturated rings. The van der Waals surface area contributed by atoms with Gasteiger partial charge in [0.1, 0.15) is 6.29 Å². The minimum atomic E-state index is -4.00. The average molecular weight is 297 g/mol. The highest BCUT2D eigenvalue weighted by Crippen LogP contribution is 2.05. The van der Waals surface area contributed by atoms with E-state index in [4.69, 9.17) is 4.55 Å². The molecule has 2 aromatic rings. The van der Waals surface area contributed by atoms with Gasteiger partial charge in [-0.05, 0) is 29.8 Å². The van der Waals surface area contributed by atoms with Crippen LogP contribution >= 0.6 is 0 Å². The maximum atomic E-state index is 10.4. The largest absolute Gasteiger partial charge is 0.412 e. The summed E-state index contributed by atoms with van der Waals surface area (Å²) >= 11 is 0. The van der Waals surface area contributed by atoms with E-state index in [0.29, 0.717) is 6.42 Å². The van der Waals surface area contributed by atoms with Gasteiger partial charge in [-0.3, -0.25) is 9.54 Å². The monoisotopic (exact) mass is 297 g/mol. The fraction of sp³-hybridized carbons (Fsp3) is 0.0769. The topological polar surface area (TPSA) is 116 Å². The number of pyridine rings is 1. The molecule has 1 heterocycles. The van der Waals surface area contributed by atoms with Crippen molar-refractivity contribution < 1.29 is 23.2 Å². The highest BCUT2D eigenvalue weighted by atomic mass is 32.2. The van der Waals surface area contributed by atoms with E-state index in [1.807, 2.05) is 12.1 Å². The van der Waals surface area contributed by atoms with Crippen molar-refractivity contribution in [2.45, 2.75) is 11.3 Å².